The van der Waals surface area contributed by atoms with Gasteiger partial charge in [-0.15, -0.1) is 0 Å². The Morgan fingerprint density at radius 3 is 2.58 bits per heavy atom. The van der Waals surface area contributed by atoms with Gasteiger partial charge in [0.2, 0.25) is 10.0 Å². The second-order valence-electron chi connectivity index (χ2n) is 7.05. The Balaban J connectivity index is 1.81. The van der Waals surface area contributed by atoms with Crippen molar-refractivity contribution in [2.24, 2.45) is 0 Å². The zero-order chi connectivity index (χ0) is 18.3. The summed E-state index contributed by atoms with van der Waals surface area (Å²) in [5.41, 5.74) is 4.49. The van der Waals surface area contributed by atoms with Crippen LogP contribution in [0.15, 0.2) is 53.4 Å². The third kappa shape index (κ3) is 2.75. The lowest BCUT2D eigenvalue weighted by Crippen LogP contribution is -2.40. The molecule has 1 N–H and O–H groups in total. The minimum absolute atomic E-state index is 0.137. The Kier molecular flexibility index (Phi) is 4.37. The predicted molar refractivity (Wildman–Crippen MR) is 105 cm³/mol. The Bertz CT molecular complexity index is 1040. The summed E-state index contributed by atoms with van der Waals surface area (Å²) in [7, 11) is -3.52. The highest BCUT2D eigenvalue weighted by molar-refractivity contribution is 7.89. The number of nitrogens with zero attached hydrogens (tertiary/aromatic N) is 1. The lowest BCUT2D eigenvalue weighted by molar-refractivity contribution is 0.288. The van der Waals surface area contributed by atoms with Gasteiger partial charge in [-0.2, -0.15) is 4.31 Å². The highest BCUT2D eigenvalue weighted by atomic mass is 32.2. The summed E-state index contributed by atoms with van der Waals surface area (Å²) in [6, 6.07) is 15.3. The van der Waals surface area contributed by atoms with Crippen molar-refractivity contribution in [2.45, 2.75) is 44.0 Å². The molecule has 4 nitrogen and oxygen atoms in total. The number of benzene rings is 2. The van der Waals surface area contributed by atoms with E-state index in [2.05, 4.69) is 24.0 Å². The van der Waals surface area contributed by atoms with Crippen LogP contribution in [0.2, 0.25) is 0 Å². The van der Waals surface area contributed by atoms with Gasteiger partial charge in [0.15, 0.2) is 0 Å². The van der Waals surface area contributed by atoms with Crippen molar-refractivity contribution in [3.05, 3.63) is 65.4 Å². The van der Waals surface area contributed by atoms with E-state index >= 15 is 0 Å². The number of rotatable bonds is 4. The molecule has 1 atom stereocenters. The molecule has 0 radical (unpaired) electrons. The van der Waals surface area contributed by atoms with Crippen molar-refractivity contribution >= 4 is 20.9 Å². The molecular weight excluding hydrogens is 344 g/mol. The number of para-hydroxylation sites is 1. The van der Waals surface area contributed by atoms with Crippen molar-refractivity contribution in [1.29, 1.82) is 0 Å². The van der Waals surface area contributed by atoms with Gasteiger partial charge in [-0.3, -0.25) is 0 Å². The molecule has 0 saturated heterocycles. The van der Waals surface area contributed by atoms with Crippen molar-refractivity contribution < 1.29 is 8.42 Å². The molecule has 26 heavy (non-hydrogen) atoms. The quantitative estimate of drug-likeness (QED) is 0.734. The molecule has 1 aliphatic rings. The van der Waals surface area contributed by atoms with Crippen molar-refractivity contribution in [3.8, 4) is 0 Å². The molecule has 0 fully saturated rings. The number of H-pyrrole nitrogens is 1. The predicted octanol–water partition coefficient (Wildman–Crippen LogP) is 4.56. The zero-order valence-corrected chi connectivity index (χ0v) is 16.0. The molecule has 1 aromatic heterocycles. The molecule has 2 aromatic carbocycles. The van der Waals surface area contributed by atoms with Crippen LogP contribution in [0.4, 0.5) is 0 Å². The minimum Gasteiger partial charge on any atom is -0.357 e. The van der Waals surface area contributed by atoms with Gasteiger partial charge in [0.05, 0.1) is 10.9 Å². The molecule has 1 aliphatic heterocycles. The molecular formula is C21H24N2O2S. The first-order chi connectivity index (χ1) is 12.5. The van der Waals surface area contributed by atoms with Crippen molar-refractivity contribution in [3.63, 3.8) is 0 Å². The minimum atomic E-state index is -3.52. The first-order valence-electron chi connectivity index (χ1n) is 9.20. The Labute approximate surface area is 154 Å². The molecule has 0 spiro atoms. The van der Waals surface area contributed by atoms with E-state index in [1.165, 1.54) is 10.9 Å². The van der Waals surface area contributed by atoms with Gasteiger partial charge < -0.3 is 4.98 Å². The van der Waals surface area contributed by atoms with Gasteiger partial charge in [-0.25, -0.2) is 8.42 Å². The molecule has 136 valence electrons. The monoisotopic (exact) mass is 368 g/mol. The number of nitrogens with one attached hydrogen (secondary N) is 1. The second kappa shape index (κ2) is 6.56. The lowest BCUT2D eigenvalue weighted by atomic mass is 9.96. The maximum atomic E-state index is 13.3. The van der Waals surface area contributed by atoms with Crippen LogP contribution in [0.5, 0.6) is 0 Å². The SMILES string of the molecule is CCCC1c2[nH]c3ccccc3c2CCN1S(=O)(=O)c1ccc(C)cc1. The average Bonchev–Trinajstić information content (AvgIpc) is 3.02. The van der Waals surface area contributed by atoms with E-state index in [-0.39, 0.29) is 6.04 Å². The van der Waals surface area contributed by atoms with Crippen LogP contribution < -0.4 is 0 Å². The van der Waals surface area contributed by atoms with E-state index in [0.29, 0.717) is 11.4 Å². The van der Waals surface area contributed by atoms with Gasteiger partial charge in [-0.05, 0) is 43.5 Å². The van der Waals surface area contributed by atoms with Crippen molar-refractivity contribution in [1.82, 2.24) is 9.29 Å². The highest BCUT2D eigenvalue weighted by Crippen LogP contribution is 2.39. The number of aryl methyl sites for hydroxylation is 1. The first-order valence-corrected chi connectivity index (χ1v) is 10.6. The summed E-state index contributed by atoms with van der Waals surface area (Å²) < 4.78 is 28.3. The number of fused-ring (bicyclic) bond motifs is 3. The molecule has 0 amide bonds. The zero-order valence-electron chi connectivity index (χ0n) is 15.2. The Hall–Kier alpha value is -2.11. The van der Waals surface area contributed by atoms with E-state index in [1.54, 1.807) is 16.4 Å². The standard InChI is InChI=1S/C21H24N2O2S/c1-3-6-20-21-18(17-7-4-5-8-19(17)22-21)13-14-23(20)26(24,25)16-11-9-15(2)10-12-16/h4-5,7-12,20,22H,3,6,13-14H2,1-2H3. The van der Waals surface area contributed by atoms with Crippen LogP contribution in [-0.2, 0) is 16.4 Å². The van der Waals surface area contributed by atoms with Crippen molar-refractivity contribution in [2.75, 3.05) is 6.54 Å². The largest absolute Gasteiger partial charge is 0.357 e. The fraction of sp³-hybridized carbons (Fsp3) is 0.333. The summed E-state index contributed by atoms with van der Waals surface area (Å²) >= 11 is 0. The first kappa shape index (κ1) is 17.3. The summed E-state index contributed by atoms with van der Waals surface area (Å²) in [4.78, 5) is 3.89. The van der Waals surface area contributed by atoms with Crippen LogP contribution in [0, 0.1) is 6.92 Å². The molecule has 3 aromatic rings. The highest BCUT2D eigenvalue weighted by Gasteiger charge is 2.37. The second-order valence-corrected chi connectivity index (χ2v) is 8.94. The lowest BCUT2D eigenvalue weighted by Gasteiger charge is -2.34. The molecule has 5 heteroatoms. The van der Waals surface area contributed by atoms with Gasteiger partial charge in [0.25, 0.3) is 0 Å². The van der Waals surface area contributed by atoms with Crippen LogP contribution in [0.3, 0.4) is 0 Å². The fourth-order valence-electron chi connectivity index (χ4n) is 3.99. The Morgan fingerprint density at radius 2 is 1.85 bits per heavy atom. The third-order valence-corrected chi connectivity index (χ3v) is 7.22. The number of hydrogen-bond donors (Lipinski definition) is 1. The van der Waals surface area contributed by atoms with E-state index in [0.717, 1.165) is 36.0 Å². The fourth-order valence-corrected chi connectivity index (χ4v) is 5.62. The number of sulfonamides is 1. The molecule has 0 aliphatic carbocycles. The van der Waals surface area contributed by atoms with Gasteiger partial charge >= 0.3 is 0 Å². The van der Waals surface area contributed by atoms with Gasteiger partial charge in [-0.1, -0.05) is 49.2 Å². The molecule has 4 rings (SSSR count). The van der Waals surface area contributed by atoms with Crippen LogP contribution in [0.25, 0.3) is 10.9 Å². The van der Waals surface area contributed by atoms with Crippen LogP contribution >= 0.6 is 0 Å². The molecule has 0 bridgehead atoms. The Morgan fingerprint density at radius 1 is 1.12 bits per heavy atom. The summed E-state index contributed by atoms with van der Waals surface area (Å²) in [6.45, 7) is 4.59. The maximum absolute atomic E-state index is 13.3. The van der Waals surface area contributed by atoms with E-state index in [9.17, 15) is 8.42 Å². The number of aromatic nitrogens is 1. The van der Waals surface area contributed by atoms with E-state index < -0.39 is 10.0 Å². The topological polar surface area (TPSA) is 53.2 Å². The van der Waals surface area contributed by atoms with E-state index in [4.69, 9.17) is 0 Å². The number of hydrogen-bond acceptors (Lipinski definition) is 2. The number of aromatic amines is 1. The van der Waals surface area contributed by atoms with Crippen LogP contribution in [0.1, 0.15) is 42.6 Å². The van der Waals surface area contributed by atoms with Gasteiger partial charge in [0.1, 0.15) is 0 Å². The maximum Gasteiger partial charge on any atom is 0.243 e. The summed E-state index contributed by atoms with van der Waals surface area (Å²) in [6.07, 6.45) is 2.48. The normalized spacial score (nSPS) is 18.2. The smallest absolute Gasteiger partial charge is 0.243 e. The molecule has 2 heterocycles. The van der Waals surface area contributed by atoms with Crippen LogP contribution in [-0.4, -0.2) is 24.3 Å². The summed E-state index contributed by atoms with van der Waals surface area (Å²) in [5.74, 6) is 0. The van der Waals surface area contributed by atoms with Gasteiger partial charge in [0, 0.05) is 23.1 Å². The third-order valence-electron chi connectivity index (χ3n) is 5.30. The molecule has 0 saturated carbocycles. The summed E-state index contributed by atoms with van der Waals surface area (Å²) in [5, 5.41) is 1.22. The van der Waals surface area contributed by atoms with E-state index in [1.807, 2.05) is 31.2 Å². The average molecular weight is 369 g/mol. The molecule has 1 unspecified atom stereocenters.